The average molecular weight is 601 g/mol. The first-order chi connectivity index (χ1) is 18.1. The van der Waals surface area contributed by atoms with Gasteiger partial charge in [0.2, 0.25) is 0 Å². The first-order valence-electron chi connectivity index (χ1n) is 13.7. The van der Waals surface area contributed by atoms with E-state index in [4.69, 9.17) is 0 Å². The maximum Gasteiger partial charge on any atom is 0.297 e. The molecule has 3 rings (SSSR count). The predicted molar refractivity (Wildman–Crippen MR) is 155 cm³/mol. The summed E-state index contributed by atoms with van der Waals surface area (Å²) in [4.78, 5) is 0.970. The van der Waals surface area contributed by atoms with Crippen molar-refractivity contribution in [1.82, 2.24) is 0 Å². The molecule has 0 fully saturated rings. The van der Waals surface area contributed by atoms with Gasteiger partial charge in [-0.25, -0.2) is 0 Å². The first kappa shape index (κ1) is 31.5. The van der Waals surface area contributed by atoms with Crippen LogP contribution in [0.1, 0.15) is 102 Å². The fourth-order valence-corrected chi connectivity index (χ4v) is 9.96. The summed E-state index contributed by atoms with van der Waals surface area (Å²) in [5.74, 6) is 0. The Balaban J connectivity index is 1.57. The van der Waals surface area contributed by atoms with Gasteiger partial charge in [-0.15, -0.1) is 0 Å². The van der Waals surface area contributed by atoms with Gasteiger partial charge in [-0.1, -0.05) is 126 Å². The van der Waals surface area contributed by atoms with E-state index in [2.05, 4.69) is 6.92 Å². The Labute approximate surface area is 237 Å². The highest BCUT2D eigenvalue weighted by Gasteiger charge is 2.35. The highest BCUT2D eigenvalue weighted by atomic mass is 32.2. The molecular weight excluding hydrogens is 561 g/mol. The fraction of sp³-hybridized carbons (Fsp3) is 0.571. The molecule has 0 amide bonds. The number of unbranched alkanes of at least 4 members (excludes halogenated alkanes) is 13. The Morgan fingerprint density at radius 1 is 0.605 bits per heavy atom. The van der Waals surface area contributed by atoms with Gasteiger partial charge in [-0.05, 0) is 36.6 Å². The van der Waals surface area contributed by atoms with E-state index < -0.39 is 30.0 Å². The number of hydrogen-bond donors (Lipinski definition) is 2. The normalized spacial score (nSPS) is 13.3. The molecule has 6 nitrogen and oxygen atoms in total. The lowest BCUT2D eigenvalue weighted by Gasteiger charge is -2.23. The van der Waals surface area contributed by atoms with Gasteiger partial charge in [0.05, 0.1) is 0 Å². The molecule has 0 spiro atoms. The molecule has 0 aromatic heterocycles. The minimum atomic E-state index is -4.92. The van der Waals surface area contributed by atoms with Crippen LogP contribution in [0.4, 0.5) is 0 Å². The smallest absolute Gasteiger partial charge is 0.282 e. The van der Waals surface area contributed by atoms with Crippen LogP contribution in [0.3, 0.4) is 0 Å². The molecule has 0 saturated heterocycles. The van der Waals surface area contributed by atoms with Crippen LogP contribution >= 0.6 is 23.5 Å². The summed E-state index contributed by atoms with van der Waals surface area (Å²) in [6, 6.07) is 9.05. The Morgan fingerprint density at radius 2 is 1.05 bits per heavy atom. The molecule has 0 radical (unpaired) electrons. The summed E-state index contributed by atoms with van der Waals surface area (Å²) in [6.45, 7) is 2.24. The highest BCUT2D eigenvalue weighted by Crippen LogP contribution is 2.52. The predicted octanol–water partition coefficient (Wildman–Crippen LogP) is 8.82. The summed E-state index contributed by atoms with van der Waals surface area (Å²) >= 11 is 2.42. The van der Waals surface area contributed by atoms with Crippen LogP contribution in [0, 0.1) is 0 Å². The third-order valence-corrected chi connectivity index (χ3v) is 11.6. The lowest BCUT2D eigenvalue weighted by atomic mass is 10.0. The molecule has 0 unspecified atom stereocenters. The van der Waals surface area contributed by atoms with Crippen molar-refractivity contribution < 1.29 is 25.9 Å². The third kappa shape index (κ3) is 9.27. The van der Waals surface area contributed by atoms with Crippen molar-refractivity contribution in [1.29, 1.82) is 0 Å². The van der Waals surface area contributed by atoms with Gasteiger partial charge in [0, 0.05) is 19.6 Å². The number of fused-ring (bicyclic) bond motifs is 2. The van der Waals surface area contributed by atoms with Gasteiger partial charge < -0.3 is 0 Å². The topological polar surface area (TPSA) is 109 Å². The van der Waals surface area contributed by atoms with Gasteiger partial charge in [-0.3, -0.25) is 9.11 Å². The van der Waals surface area contributed by atoms with Gasteiger partial charge in [0.25, 0.3) is 20.2 Å². The molecule has 0 aliphatic carbocycles. The molecule has 1 aliphatic rings. The molecule has 212 valence electrons. The lowest BCUT2D eigenvalue weighted by Crippen LogP contribution is -2.14. The van der Waals surface area contributed by atoms with Gasteiger partial charge in [-0.2, -0.15) is 16.8 Å². The van der Waals surface area contributed by atoms with E-state index in [-0.39, 0.29) is 10.5 Å². The minimum Gasteiger partial charge on any atom is -0.282 e. The Kier molecular flexibility index (Phi) is 12.5. The second-order valence-corrected chi connectivity index (χ2v) is 14.8. The van der Waals surface area contributed by atoms with E-state index in [0.29, 0.717) is 17.7 Å². The largest absolute Gasteiger partial charge is 0.297 e. The lowest BCUT2D eigenvalue weighted by molar-refractivity contribution is 0.461. The molecule has 1 heterocycles. The summed E-state index contributed by atoms with van der Waals surface area (Å²) < 4.78 is 69.6. The van der Waals surface area contributed by atoms with E-state index in [1.807, 2.05) is 12.1 Å². The van der Waals surface area contributed by atoms with Crippen molar-refractivity contribution in [2.24, 2.45) is 0 Å². The highest BCUT2D eigenvalue weighted by molar-refractivity contribution is 8.05. The van der Waals surface area contributed by atoms with Crippen molar-refractivity contribution in [2.45, 2.75) is 133 Å². The van der Waals surface area contributed by atoms with Crippen LogP contribution in [0.5, 0.6) is 0 Å². The van der Waals surface area contributed by atoms with Crippen molar-refractivity contribution in [2.75, 3.05) is 0 Å². The Morgan fingerprint density at radius 3 is 1.53 bits per heavy atom. The van der Waals surface area contributed by atoms with E-state index in [1.165, 1.54) is 76.0 Å². The number of aryl methyl sites for hydroxylation is 1. The van der Waals surface area contributed by atoms with E-state index in [1.54, 1.807) is 18.2 Å². The molecule has 1 aliphatic heterocycles. The SMILES string of the molecule is CCCCCCCCCCCCCCCCc1cc2c(c(S(=O)(=O)O)c1S(=O)(=O)O)Sc1ccccc1S2. The summed E-state index contributed by atoms with van der Waals surface area (Å²) in [5, 5.41) is 0. The van der Waals surface area contributed by atoms with Crippen LogP contribution in [-0.2, 0) is 26.7 Å². The Bertz CT molecular complexity index is 1270. The molecule has 2 N–H and O–H groups in total. The summed E-state index contributed by atoms with van der Waals surface area (Å²) in [7, 11) is -9.80. The van der Waals surface area contributed by atoms with Crippen LogP contribution in [0.25, 0.3) is 0 Å². The molecule has 0 atom stereocenters. The van der Waals surface area contributed by atoms with Crippen molar-refractivity contribution >= 4 is 43.8 Å². The van der Waals surface area contributed by atoms with Crippen LogP contribution in [-0.4, -0.2) is 25.9 Å². The zero-order chi connectivity index (χ0) is 27.6. The molecule has 2 aromatic rings. The third-order valence-electron chi connectivity index (χ3n) is 6.83. The number of hydrogen-bond acceptors (Lipinski definition) is 6. The molecule has 2 aromatic carbocycles. The molecule has 10 heteroatoms. The molecule has 38 heavy (non-hydrogen) atoms. The Hall–Kier alpha value is -1.04. The number of rotatable bonds is 17. The second-order valence-electron chi connectivity index (χ2n) is 9.97. The van der Waals surface area contributed by atoms with E-state index >= 15 is 0 Å². The summed E-state index contributed by atoms with van der Waals surface area (Å²) in [6.07, 6.45) is 17.0. The van der Waals surface area contributed by atoms with Gasteiger partial charge >= 0.3 is 0 Å². The zero-order valence-corrected chi connectivity index (χ0v) is 25.4. The molecular formula is C28H40O6S4. The van der Waals surface area contributed by atoms with E-state index in [9.17, 15) is 25.9 Å². The minimum absolute atomic E-state index is 0.133. The standard InChI is InChI=1S/C28H40O6S4/c1-2-3-4-5-6-7-8-9-10-11-12-13-14-15-18-22-21-25-26(36-24-20-17-16-19-23(24)35-25)28(38(32,33)34)27(22)37(29,30)31/h16-17,19-21H,2-15,18H2,1H3,(H,29,30,31)(H,32,33,34). The van der Waals surface area contributed by atoms with Crippen molar-refractivity contribution in [3.8, 4) is 0 Å². The van der Waals surface area contributed by atoms with Crippen molar-refractivity contribution in [3.05, 3.63) is 35.9 Å². The monoisotopic (exact) mass is 600 g/mol. The van der Waals surface area contributed by atoms with Crippen molar-refractivity contribution in [3.63, 3.8) is 0 Å². The van der Waals surface area contributed by atoms with Crippen LogP contribution in [0.2, 0.25) is 0 Å². The number of benzene rings is 2. The summed E-state index contributed by atoms with van der Waals surface area (Å²) in [5.41, 5.74) is 0.227. The van der Waals surface area contributed by atoms with Crippen LogP contribution in [0.15, 0.2) is 59.7 Å². The van der Waals surface area contributed by atoms with Gasteiger partial charge in [0.15, 0.2) is 0 Å². The fourth-order valence-electron chi connectivity index (χ4n) is 4.88. The van der Waals surface area contributed by atoms with E-state index in [0.717, 1.165) is 40.8 Å². The first-order valence-corrected chi connectivity index (χ1v) is 18.2. The quantitative estimate of drug-likeness (QED) is 0.117. The maximum absolute atomic E-state index is 12.4. The van der Waals surface area contributed by atoms with Crippen LogP contribution < -0.4 is 0 Å². The second kappa shape index (κ2) is 15.1. The van der Waals surface area contributed by atoms with Gasteiger partial charge in [0.1, 0.15) is 9.79 Å². The molecule has 0 bridgehead atoms. The molecule has 0 saturated carbocycles. The zero-order valence-electron chi connectivity index (χ0n) is 22.2. The average Bonchev–Trinajstić information content (AvgIpc) is 2.85. The maximum atomic E-state index is 12.4.